The van der Waals surface area contributed by atoms with Crippen molar-refractivity contribution in [2.45, 2.75) is 32.6 Å². The van der Waals surface area contributed by atoms with E-state index in [2.05, 4.69) is 6.92 Å². The molecule has 0 aromatic carbocycles. The molecule has 0 aliphatic rings. The number of hydrogen-bond donors (Lipinski definition) is 0. The zero-order valence-electron chi connectivity index (χ0n) is 5.44. The van der Waals surface area contributed by atoms with Crippen LogP contribution in [0.4, 0.5) is 0 Å². The number of rotatable bonds is 4. The molecule has 0 spiro atoms. The minimum absolute atomic E-state index is 0. The van der Waals surface area contributed by atoms with E-state index in [4.69, 9.17) is 12.6 Å². The number of hydrogen-bond acceptors (Lipinski definition) is 1. The normalized spacial score (nSPS) is 8.25. The van der Waals surface area contributed by atoms with Crippen LogP contribution in [0.3, 0.4) is 0 Å². The summed E-state index contributed by atoms with van der Waals surface area (Å²) in [4.78, 5) is 0. The van der Waals surface area contributed by atoms with E-state index < -0.39 is 0 Å². The molecule has 0 heterocycles. The van der Waals surface area contributed by atoms with E-state index in [1.807, 2.05) is 0 Å². The van der Waals surface area contributed by atoms with Gasteiger partial charge in [-0.2, -0.15) is 5.75 Å². The van der Waals surface area contributed by atoms with Crippen LogP contribution in [0.5, 0.6) is 0 Å². The van der Waals surface area contributed by atoms with Crippen molar-refractivity contribution in [1.29, 1.82) is 0 Å². The van der Waals surface area contributed by atoms with Gasteiger partial charge in [-0.3, -0.25) is 0 Å². The zero-order valence-corrected chi connectivity index (χ0v) is 7.82. The molecule has 0 N–H and O–H groups in total. The molecule has 2 heteroatoms. The van der Waals surface area contributed by atoms with Crippen LogP contribution in [-0.2, 0) is 34.3 Å². The Hall–Kier alpha value is 1.06. The molecule has 0 unspecified atom stereocenters. The molecule has 0 aromatic heterocycles. The van der Waals surface area contributed by atoms with Crippen molar-refractivity contribution in [3.8, 4) is 0 Å². The van der Waals surface area contributed by atoms with E-state index in [0.29, 0.717) is 0 Å². The van der Waals surface area contributed by atoms with Gasteiger partial charge in [0.15, 0.2) is 0 Å². The van der Waals surface area contributed by atoms with Crippen LogP contribution in [0.1, 0.15) is 32.6 Å². The molecule has 0 aliphatic heterocycles. The summed E-state index contributed by atoms with van der Waals surface area (Å²) >= 11 is 4.77. The third-order valence-electron chi connectivity index (χ3n) is 0.998. The van der Waals surface area contributed by atoms with Crippen LogP contribution in [0, 0.1) is 0 Å². The van der Waals surface area contributed by atoms with E-state index >= 15 is 0 Å². The molecule has 0 saturated heterocycles. The fourth-order valence-corrected chi connectivity index (χ4v) is 0.733. The largest absolute Gasteiger partial charge is 4.00 e. The predicted molar refractivity (Wildman–Crippen MR) is 36.4 cm³/mol. The maximum atomic E-state index is 4.77. The molecule has 0 fully saturated rings. The molecule has 0 rings (SSSR count). The van der Waals surface area contributed by atoms with E-state index in [1.54, 1.807) is 0 Å². The molecule has 0 radical (unpaired) electrons. The zero-order chi connectivity index (χ0) is 5.54. The molecule has 0 aromatic rings. The first-order chi connectivity index (χ1) is 3.41. The van der Waals surface area contributed by atoms with Crippen molar-refractivity contribution in [3.63, 3.8) is 0 Å². The monoisotopic (exact) mass is 165 g/mol. The average molecular weight is 165 g/mol. The molecular formula is C6H13STi+3. The van der Waals surface area contributed by atoms with Gasteiger partial charge in [-0.1, -0.05) is 32.6 Å². The van der Waals surface area contributed by atoms with Gasteiger partial charge in [0.2, 0.25) is 0 Å². The Morgan fingerprint density at radius 1 is 1.12 bits per heavy atom. The van der Waals surface area contributed by atoms with Gasteiger partial charge in [-0.05, 0) is 0 Å². The summed E-state index contributed by atoms with van der Waals surface area (Å²) in [6.07, 6.45) is 5.25. The molecule has 0 bridgehead atoms. The van der Waals surface area contributed by atoms with E-state index in [0.717, 1.165) is 5.75 Å². The second kappa shape index (κ2) is 10.9. The Balaban J connectivity index is 0. The van der Waals surface area contributed by atoms with E-state index in [1.165, 1.54) is 25.7 Å². The van der Waals surface area contributed by atoms with Crippen LogP contribution < -0.4 is 0 Å². The molecule has 0 atom stereocenters. The molecule has 0 nitrogen and oxygen atoms in total. The molecule has 0 aliphatic carbocycles. The van der Waals surface area contributed by atoms with Crippen LogP contribution in [0.2, 0.25) is 0 Å². The second-order valence-electron chi connectivity index (χ2n) is 1.76. The molecule has 44 valence electrons. The van der Waals surface area contributed by atoms with Gasteiger partial charge in [0.25, 0.3) is 0 Å². The van der Waals surface area contributed by atoms with Gasteiger partial charge in [0, 0.05) is 0 Å². The summed E-state index contributed by atoms with van der Waals surface area (Å²) in [6, 6.07) is 0. The predicted octanol–water partition coefficient (Wildman–Crippen LogP) is 2.11. The Labute approximate surface area is 72.7 Å². The summed E-state index contributed by atoms with van der Waals surface area (Å²) in [5.41, 5.74) is 0. The molecule has 0 amide bonds. The summed E-state index contributed by atoms with van der Waals surface area (Å²) in [6.45, 7) is 2.21. The van der Waals surface area contributed by atoms with Crippen molar-refractivity contribution >= 4 is 12.6 Å². The van der Waals surface area contributed by atoms with Crippen molar-refractivity contribution in [2.24, 2.45) is 0 Å². The maximum Gasteiger partial charge on any atom is 4.00 e. The van der Waals surface area contributed by atoms with Gasteiger partial charge in [-0.15, -0.1) is 0 Å². The summed E-state index contributed by atoms with van der Waals surface area (Å²) < 4.78 is 0. The van der Waals surface area contributed by atoms with Crippen LogP contribution >= 0.6 is 0 Å². The van der Waals surface area contributed by atoms with Crippen molar-refractivity contribution < 1.29 is 21.7 Å². The molecular weight excluding hydrogens is 152 g/mol. The van der Waals surface area contributed by atoms with Crippen LogP contribution in [0.15, 0.2) is 0 Å². The standard InChI is InChI=1S/C6H14S.Ti/c1-2-3-4-5-6-7;/h7H,2-6H2,1H3;/q;+4/p-1. The Morgan fingerprint density at radius 2 is 1.75 bits per heavy atom. The maximum absolute atomic E-state index is 4.77. The fraction of sp³-hybridized carbons (Fsp3) is 1.00. The summed E-state index contributed by atoms with van der Waals surface area (Å²) in [7, 11) is 0. The van der Waals surface area contributed by atoms with Crippen molar-refractivity contribution in [3.05, 3.63) is 0 Å². The summed E-state index contributed by atoms with van der Waals surface area (Å²) in [5, 5.41) is 0. The first-order valence-corrected chi connectivity index (χ1v) is 3.57. The second-order valence-corrected chi connectivity index (χ2v) is 2.17. The SMILES string of the molecule is CCCCCC[S-].[Ti+4]. The smallest absolute Gasteiger partial charge is 0.793 e. The van der Waals surface area contributed by atoms with Crippen LogP contribution in [-0.4, -0.2) is 5.75 Å². The van der Waals surface area contributed by atoms with Gasteiger partial charge in [0.05, 0.1) is 0 Å². The van der Waals surface area contributed by atoms with Crippen molar-refractivity contribution in [2.75, 3.05) is 5.75 Å². The summed E-state index contributed by atoms with van der Waals surface area (Å²) in [5.74, 6) is 0.944. The average Bonchev–Trinajstić information content (AvgIpc) is 1.69. The first-order valence-electron chi connectivity index (χ1n) is 3.00. The topological polar surface area (TPSA) is 0 Å². The minimum atomic E-state index is 0. The molecule has 8 heavy (non-hydrogen) atoms. The van der Waals surface area contributed by atoms with Crippen molar-refractivity contribution in [1.82, 2.24) is 0 Å². The van der Waals surface area contributed by atoms with Gasteiger partial charge < -0.3 is 12.6 Å². The third kappa shape index (κ3) is 10.1. The van der Waals surface area contributed by atoms with Gasteiger partial charge >= 0.3 is 21.7 Å². The van der Waals surface area contributed by atoms with Gasteiger partial charge in [-0.25, -0.2) is 0 Å². The van der Waals surface area contributed by atoms with E-state index in [9.17, 15) is 0 Å². The van der Waals surface area contributed by atoms with Gasteiger partial charge in [0.1, 0.15) is 0 Å². The minimum Gasteiger partial charge on any atom is -0.793 e. The number of unbranched alkanes of at least 4 members (excludes halogenated alkanes) is 3. The quantitative estimate of drug-likeness (QED) is 0.349. The third-order valence-corrected chi connectivity index (χ3v) is 1.29. The Kier molecular flexibility index (Phi) is 16.2. The van der Waals surface area contributed by atoms with E-state index in [-0.39, 0.29) is 21.7 Å². The van der Waals surface area contributed by atoms with Crippen LogP contribution in [0.25, 0.3) is 0 Å². The Bertz CT molecular complexity index is 27.7. The first kappa shape index (κ1) is 11.8. The molecule has 0 saturated carbocycles. The Morgan fingerprint density at radius 3 is 2.12 bits per heavy atom. The fourth-order valence-electron chi connectivity index (χ4n) is 0.529.